The van der Waals surface area contributed by atoms with Gasteiger partial charge in [0, 0.05) is 5.56 Å². The molecular formula is C25H19N3O2. The lowest BCUT2D eigenvalue weighted by atomic mass is 10.1. The minimum absolute atomic E-state index is 0.0523. The van der Waals surface area contributed by atoms with Crippen molar-refractivity contribution in [3.63, 3.8) is 0 Å². The van der Waals surface area contributed by atoms with Crippen LogP contribution in [0.25, 0.3) is 0 Å². The van der Waals surface area contributed by atoms with Gasteiger partial charge in [-0.3, -0.25) is 0 Å². The van der Waals surface area contributed by atoms with Crippen LogP contribution in [-0.4, -0.2) is 30.0 Å². The third-order valence-corrected chi connectivity index (χ3v) is 5.10. The summed E-state index contributed by atoms with van der Waals surface area (Å²) in [6, 6.07) is 23.6. The Morgan fingerprint density at radius 3 is 1.63 bits per heavy atom. The van der Waals surface area contributed by atoms with Gasteiger partial charge in [-0.15, -0.1) is 6.42 Å². The number of terminal acetylenes is 1. The molecule has 2 atom stereocenters. The molecule has 0 saturated heterocycles. The van der Waals surface area contributed by atoms with Crippen LogP contribution < -0.4 is 0 Å². The maximum Gasteiger partial charge on any atom is 0.236 e. The summed E-state index contributed by atoms with van der Waals surface area (Å²) in [7, 11) is 0. The minimum Gasteiger partial charge on any atom is -0.474 e. The van der Waals surface area contributed by atoms with Gasteiger partial charge in [0.25, 0.3) is 0 Å². The van der Waals surface area contributed by atoms with Crippen LogP contribution in [-0.2, 0) is 9.47 Å². The molecule has 2 aliphatic rings. The van der Waals surface area contributed by atoms with E-state index in [9.17, 15) is 0 Å². The Hall–Kier alpha value is -3.91. The summed E-state index contributed by atoms with van der Waals surface area (Å²) >= 11 is 0. The van der Waals surface area contributed by atoms with Gasteiger partial charge < -0.3 is 9.47 Å². The Bertz CT molecular complexity index is 1080. The van der Waals surface area contributed by atoms with E-state index in [1.165, 1.54) is 0 Å². The van der Waals surface area contributed by atoms with Gasteiger partial charge in [-0.05, 0) is 23.3 Å². The molecule has 0 fully saturated rings. The van der Waals surface area contributed by atoms with E-state index < -0.39 is 0 Å². The van der Waals surface area contributed by atoms with Crippen molar-refractivity contribution in [3.8, 4) is 12.3 Å². The molecule has 5 heteroatoms. The summed E-state index contributed by atoms with van der Waals surface area (Å²) in [6.45, 7) is 0.953. The number of nitrogens with zero attached hydrogens (tertiary/aromatic N) is 3. The molecule has 146 valence electrons. The SMILES string of the molecule is C#Cc1cc(C2=N[C@H](c3ccccc3)CO2)nc(C2=N[C@H](c3ccccc3)CO2)c1. The normalized spacial score (nSPS) is 20.0. The molecule has 2 aromatic carbocycles. The van der Waals surface area contributed by atoms with Crippen LogP contribution in [0.15, 0.2) is 82.8 Å². The molecule has 2 aliphatic heterocycles. The van der Waals surface area contributed by atoms with E-state index in [0.717, 1.165) is 11.1 Å². The van der Waals surface area contributed by atoms with Gasteiger partial charge in [-0.2, -0.15) is 0 Å². The van der Waals surface area contributed by atoms with E-state index in [2.05, 4.69) is 5.92 Å². The maximum atomic E-state index is 5.85. The standard InChI is InChI=1S/C25H19N3O2/c1-2-17-13-20(24-27-22(15-29-24)18-9-5-3-6-10-18)26-21(14-17)25-28-23(16-30-25)19-11-7-4-8-12-19/h1,3-14,22-23H,15-16H2/t22-,23-/m0/s1. The van der Waals surface area contributed by atoms with Crippen LogP contribution in [0.1, 0.15) is 40.2 Å². The summed E-state index contributed by atoms with van der Waals surface area (Å²) in [4.78, 5) is 14.1. The topological polar surface area (TPSA) is 56.1 Å². The van der Waals surface area contributed by atoms with Gasteiger partial charge in [-0.1, -0.05) is 66.6 Å². The van der Waals surface area contributed by atoms with Gasteiger partial charge in [0.05, 0.1) is 0 Å². The first-order valence-corrected chi connectivity index (χ1v) is 9.81. The molecular weight excluding hydrogens is 374 g/mol. The summed E-state index contributed by atoms with van der Waals surface area (Å²) < 4.78 is 11.7. The highest BCUT2D eigenvalue weighted by atomic mass is 16.5. The Kier molecular flexibility index (Phi) is 4.74. The third kappa shape index (κ3) is 3.56. The van der Waals surface area contributed by atoms with Crippen LogP contribution in [0, 0.1) is 12.3 Å². The van der Waals surface area contributed by atoms with Crippen molar-refractivity contribution in [3.05, 3.63) is 101 Å². The largest absolute Gasteiger partial charge is 0.474 e. The van der Waals surface area contributed by atoms with Crippen LogP contribution in [0.2, 0.25) is 0 Å². The van der Waals surface area contributed by atoms with Crippen LogP contribution in [0.4, 0.5) is 0 Å². The molecule has 30 heavy (non-hydrogen) atoms. The van der Waals surface area contributed by atoms with Crippen LogP contribution >= 0.6 is 0 Å². The number of hydrogen-bond acceptors (Lipinski definition) is 5. The highest BCUT2D eigenvalue weighted by Crippen LogP contribution is 2.27. The third-order valence-electron chi connectivity index (χ3n) is 5.10. The number of ether oxygens (including phenoxy) is 2. The maximum absolute atomic E-state index is 5.85. The second-order valence-electron chi connectivity index (χ2n) is 7.11. The van der Waals surface area contributed by atoms with Crippen molar-refractivity contribution in [1.82, 2.24) is 4.98 Å². The first kappa shape index (κ1) is 18.1. The smallest absolute Gasteiger partial charge is 0.236 e. The molecule has 0 amide bonds. The van der Waals surface area contributed by atoms with Gasteiger partial charge >= 0.3 is 0 Å². The zero-order valence-electron chi connectivity index (χ0n) is 16.2. The summed E-state index contributed by atoms with van der Waals surface area (Å²) in [5.74, 6) is 3.65. The number of aliphatic imine (C=N–C) groups is 2. The van der Waals surface area contributed by atoms with E-state index >= 15 is 0 Å². The molecule has 0 spiro atoms. The minimum atomic E-state index is -0.0523. The number of rotatable bonds is 4. The van der Waals surface area contributed by atoms with Crippen molar-refractivity contribution in [2.75, 3.05) is 13.2 Å². The van der Waals surface area contributed by atoms with Crippen molar-refractivity contribution in [1.29, 1.82) is 0 Å². The first-order valence-electron chi connectivity index (χ1n) is 9.81. The highest BCUT2D eigenvalue weighted by molar-refractivity contribution is 5.98. The number of benzene rings is 2. The zero-order valence-corrected chi connectivity index (χ0v) is 16.2. The lowest BCUT2D eigenvalue weighted by molar-refractivity contribution is 0.317. The lowest BCUT2D eigenvalue weighted by Gasteiger charge is -2.06. The predicted octanol–water partition coefficient (Wildman–Crippen LogP) is 4.10. The second kappa shape index (κ2) is 7.84. The van der Waals surface area contributed by atoms with E-state index in [1.807, 2.05) is 60.7 Å². The molecule has 0 saturated carbocycles. The molecule has 1 aromatic heterocycles. The molecule has 0 bridgehead atoms. The molecule has 5 rings (SSSR count). The Morgan fingerprint density at radius 1 is 0.733 bits per heavy atom. The van der Waals surface area contributed by atoms with Crippen molar-refractivity contribution < 1.29 is 9.47 Å². The Morgan fingerprint density at radius 2 is 1.20 bits per heavy atom. The number of aromatic nitrogens is 1. The van der Waals surface area contributed by atoms with Crippen LogP contribution in [0.3, 0.4) is 0 Å². The fraction of sp³-hybridized carbons (Fsp3) is 0.160. The van der Waals surface area contributed by atoms with E-state index in [1.54, 1.807) is 12.1 Å². The molecule has 5 nitrogen and oxygen atoms in total. The highest BCUT2D eigenvalue weighted by Gasteiger charge is 2.26. The van der Waals surface area contributed by atoms with E-state index in [4.69, 9.17) is 30.9 Å². The Labute approximate surface area is 175 Å². The molecule has 0 radical (unpaired) electrons. The quantitative estimate of drug-likeness (QED) is 0.627. The second-order valence-corrected chi connectivity index (χ2v) is 7.11. The van der Waals surface area contributed by atoms with Gasteiger partial charge in [0.1, 0.15) is 36.7 Å². The molecule has 3 aromatic rings. The Balaban J connectivity index is 1.46. The fourth-order valence-electron chi connectivity index (χ4n) is 3.55. The van der Waals surface area contributed by atoms with Crippen molar-refractivity contribution in [2.45, 2.75) is 12.1 Å². The fourth-order valence-corrected chi connectivity index (χ4v) is 3.55. The molecule has 0 aliphatic carbocycles. The van der Waals surface area contributed by atoms with Gasteiger partial charge in [-0.25, -0.2) is 15.0 Å². The number of pyridine rings is 1. The van der Waals surface area contributed by atoms with E-state index in [0.29, 0.717) is 42.0 Å². The zero-order chi connectivity index (χ0) is 20.3. The van der Waals surface area contributed by atoms with Gasteiger partial charge in [0.15, 0.2) is 0 Å². The van der Waals surface area contributed by atoms with Crippen LogP contribution in [0.5, 0.6) is 0 Å². The summed E-state index contributed by atoms with van der Waals surface area (Å²) in [5, 5.41) is 0. The summed E-state index contributed by atoms with van der Waals surface area (Å²) in [6.07, 6.45) is 5.68. The molecule has 0 N–H and O–H groups in total. The summed E-state index contributed by atoms with van der Waals surface area (Å²) in [5.41, 5.74) is 4.07. The molecule has 0 unspecified atom stereocenters. The van der Waals surface area contributed by atoms with Crippen molar-refractivity contribution in [2.24, 2.45) is 9.98 Å². The molecule has 3 heterocycles. The predicted molar refractivity (Wildman–Crippen MR) is 116 cm³/mol. The lowest BCUT2D eigenvalue weighted by Crippen LogP contribution is -2.11. The number of hydrogen-bond donors (Lipinski definition) is 0. The van der Waals surface area contributed by atoms with Gasteiger partial charge in [0.2, 0.25) is 11.8 Å². The first-order chi connectivity index (χ1) is 14.8. The average molecular weight is 393 g/mol. The van der Waals surface area contributed by atoms with Crippen molar-refractivity contribution >= 4 is 11.8 Å². The average Bonchev–Trinajstić information content (AvgIpc) is 3.50. The monoisotopic (exact) mass is 393 g/mol. The van der Waals surface area contributed by atoms with E-state index in [-0.39, 0.29) is 12.1 Å².